The largest absolute Gasteiger partial charge is 0.493 e. The van der Waals surface area contributed by atoms with Crippen LogP contribution in [-0.2, 0) is 0 Å². The van der Waals surface area contributed by atoms with E-state index < -0.39 is 0 Å². The number of ether oxygens (including phenoxy) is 2. The third kappa shape index (κ3) is 3.52. The summed E-state index contributed by atoms with van der Waals surface area (Å²) in [6.07, 6.45) is 3.11. The zero-order valence-electron chi connectivity index (χ0n) is 13.1. The predicted octanol–water partition coefficient (Wildman–Crippen LogP) is 4.61. The van der Waals surface area contributed by atoms with Crippen LogP contribution in [0.2, 0.25) is 5.02 Å². The maximum Gasteiger partial charge on any atom is 0.179 e. The molecule has 0 spiro atoms. The molecule has 0 amide bonds. The van der Waals surface area contributed by atoms with Crippen molar-refractivity contribution < 1.29 is 14.3 Å². The average Bonchev–Trinajstić information content (AvgIpc) is 2.44. The molecule has 0 aliphatic heterocycles. The van der Waals surface area contributed by atoms with Crippen molar-refractivity contribution in [2.24, 2.45) is 17.8 Å². The van der Waals surface area contributed by atoms with Crippen LogP contribution in [0.5, 0.6) is 11.5 Å². The number of methoxy groups -OCH3 is 2. The molecule has 0 saturated heterocycles. The number of Topliss-reactive ketones (excluding diaryl/α,β-unsaturated/α-hetero) is 1. The lowest BCUT2D eigenvalue weighted by atomic mass is 9.74. The molecule has 1 fully saturated rings. The van der Waals surface area contributed by atoms with E-state index in [0.717, 1.165) is 12.8 Å². The van der Waals surface area contributed by atoms with Crippen LogP contribution >= 0.6 is 11.6 Å². The Labute approximate surface area is 131 Å². The van der Waals surface area contributed by atoms with E-state index in [1.807, 2.05) is 0 Å². The highest BCUT2D eigenvalue weighted by Crippen LogP contribution is 2.39. The van der Waals surface area contributed by atoms with E-state index in [9.17, 15) is 4.79 Å². The lowest BCUT2D eigenvalue weighted by Crippen LogP contribution is -2.26. The Bertz CT molecular complexity index is 517. The van der Waals surface area contributed by atoms with Gasteiger partial charge in [0.15, 0.2) is 17.3 Å². The molecule has 1 aliphatic rings. The van der Waals surface area contributed by atoms with Crippen LogP contribution in [0.15, 0.2) is 12.1 Å². The van der Waals surface area contributed by atoms with Crippen molar-refractivity contribution in [3.63, 3.8) is 0 Å². The minimum absolute atomic E-state index is 0.0814. The molecular formula is C17H23ClO3. The lowest BCUT2D eigenvalue weighted by Gasteiger charge is -2.30. The van der Waals surface area contributed by atoms with Gasteiger partial charge in [-0.2, -0.15) is 0 Å². The van der Waals surface area contributed by atoms with Gasteiger partial charge in [-0.25, -0.2) is 0 Å². The molecule has 1 aliphatic carbocycles. The minimum atomic E-state index is 0.0814. The Morgan fingerprint density at radius 2 is 1.71 bits per heavy atom. The van der Waals surface area contributed by atoms with E-state index in [4.69, 9.17) is 21.1 Å². The van der Waals surface area contributed by atoms with Crippen LogP contribution < -0.4 is 9.47 Å². The SMILES string of the molecule is COc1cc(C(=O)C2CC(C)CC(C)C2)cc(Cl)c1OC. The molecule has 0 heterocycles. The van der Waals surface area contributed by atoms with Gasteiger partial charge in [0.2, 0.25) is 0 Å². The van der Waals surface area contributed by atoms with Crippen molar-refractivity contribution in [1.82, 2.24) is 0 Å². The number of rotatable bonds is 4. The molecule has 21 heavy (non-hydrogen) atoms. The Hall–Kier alpha value is -1.22. The molecule has 116 valence electrons. The van der Waals surface area contributed by atoms with Crippen LogP contribution in [-0.4, -0.2) is 20.0 Å². The average molecular weight is 311 g/mol. The van der Waals surface area contributed by atoms with Crippen molar-refractivity contribution in [3.8, 4) is 11.5 Å². The van der Waals surface area contributed by atoms with Crippen LogP contribution in [0.25, 0.3) is 0 Å². The topological polar surface area (TPSA) is 35.5 Å². The molecule has 0 N–H and O–H groups in total. The normalized spacial score (nSPS) is 25.5. The first-order chi connectivity index (χ1) is 9.96. The zero-order valence-corrected chi connectivity index (χ0v) is 13.9. The zero-order chi connectivity index (χ0) is 15.6. The molecule has 0 radical (unpaired) electrons. The first kappa shape index (κ1) is 16.2. The molecule has 0 aromatic heterocycles. The smallest absolute Gasteiger partial charge is 0.179 e. The maximum absolute atomic E-state index is 12.8. The van der Waals surface area contributed by atoms with Gasteiger partial charge in [-0.05, 0) is 43.2 Å². The second kappa shape index (κ2) is 6.69. The molecule has 4 heteroatoms. The van der Waals surface area contributed by atoms with E-state index in [0.29, 0.717) is 33.9 Å². The van der Waals surface area contributed by atoms with Crippen molar-refractivity contribution in [1.29, 1.82) is 0 Å². The molecule has 1 aromatic rings. The standard InChI is InChI=1S/C17H23ClO3/c1-10-5-11(2)7-12(6-10)16(19)13-8-14(18)17(21-4)15(9-13)20-3/h8-12H,5-7H2,1-4H3. The molecule has 2 atom stereocenters. The number of ketones is 1. The van der Waals surface area contributed by atoms with E-state index >= 15 is 0 Å². The first-order valence-corrected chi connectivity index (χ1v) is 7.79. The van der Waals surface area contributed by atoms with E-state index in [1.54, 1.807) is 19.2 Å². The van der Waals surface area contributed by atoms with Gasteiger partial charge in [0.1, 0.15) is 0 Å². The summed E-state index contributed by atoms with van der Waals surface area (Å²) in [7, 11) is 3.09. The quantitative estimate of drug-likeness (QED) is 0.762. The molecule has 1 aromatic carbocycles. The van der Waals surface area contributed by atoms with Gasteiger partial charge in [-0.15, -0.1) is 0 Å². The number of benzene rings is 1. The highest BCUT2D eigenvalue weighted by molar-refractivity contribution is 6.32. The Morgan fingerprint density at radius 1 is 1.10 bits per heavy atom. The van der Waals surface area contributed by atoms with Crippen molar-refractivity contribution >= 4 is 17.4 Å². The van der Waals surface area contributed by atoms with Gasteiger partial charge in [0.25, 0.3) is 0 Å². The van der Waals surface area contributed by atoms with E-state index in [-0.39, 0.29) is 11.7 Å². The van der Waals surface area contributed by atoms with Crippen molar-refractivity contribution in [2.45, 2.75) is 33.1 Å². The molecule has 3 nitrogen and oxygen atoms in total. The van der Waals surface area contributed by atoms with Gasteiger partial charge in [-0.1, -0.05) is 25.4 Å². The summed E-state index contributed by atoms with van der Waals surface area (Å²) in [6.45, 7) is 4.44. The summed E-state index contributed by atoms with van der Waals surface area (Å²) in [5.41, 5.74) is 0.615. The number of halogens is 1. The monoisotopic (exact) mass is 310 g/mol. The number of hydrogen-bond acceptors (Lipinski definition) is 3. The summed E-state index contributed by atoms with van der Waals surface area (Å²) < 4.78 is 10.5. The van der Waals surface area contributed by atoms with Crippen molar-refractivity contribution in [3.05, 3.63) is 22.7 Å². The maximum atomic E-state index is 12.8. The Kier molecular flexibility index (Phi) is 5.15. The lowest BCUT2D eigenvalue weighted by molar-refractivity contribution is 0.0835. The van der Waals surface area contributed by atoms with Gasteiger partial charge in [0.05, 0.1) is 19.2 Å². The highest BCUT2D eigenvalue weighted by Gasteiger charge is 2.30. The molecule has 2 unspecified atom stereocenters. The second-order valence-electron chi connectivity index (χ2n) is 6.17. The third-order valence-corrected chi connectivity index (χ3v) is 4.55. The van der Waals surface area contributed by atoms with Crippen LogP contribution in [0, 0.1) is 17.8 Å². The van der Waals surface area contributed by atoms with Gasteiger partial charge in [-0.3, -0.25) is 4.79 Å². The fraction of sp³-hybridized carbons (Fsp3) is 0.588. The van der Waals surface area contributed by atoms with Gasteiger partial charge >= 0.3 is 0 Å². The predicted molar refractivity (Wildman–Crippen MR) is 84.6 cm³/mol. The molecule has 0 bridgehead atoms. The second-order valence-corrected chi connectivity index (χ2v) is 6.58. The first-order valence-electron chi connectivity index (χ1n) is 7.42. The fourth-order valence-corrected chi connectivity index (χ4v) is 3.74. The third-order valence-electron chi connectivity index (χ3n) is 4.27. The Balaban J connectivity index is 2.29. The summed E-state index contributed by atoms with van der Waals surface area (Å²) in [5.74, 6) is 2.41. The summed E-state index contributed by atoms with van der Waals surface area (Å²) in [4.78, 5) is 12.8. The minimum Gasteiger partial charge on any atom is -0.493 e. The summed E-state index contributed by atoms with van der Waals surface area (Å²) in [6, 6.07) is 3.42. The number of carbonyl (C=O) groups excluding carboxylic acids is 1. The van der Waals surface area contributed by atoms with Crippen LogP contribution in [0.3, 0.4) is 0 Å². The van der Waals surface area contributed by atoms with Crippen molar-refractivity contribution in [2.75, 3.05) is 14.2 Å². The number of hydrogen-bond donors (Lipinski definition) is 0. The van der Waals surface area contributed by atoms with E-state index in [1.165, 1.54) is 13.5 Å². The van der Waals surface area contributed by atoms with Crippen LogP contribution in [0.1, 0.15) is 43.5 Å². The number of carbonyl (C=O) groups is 1. The Morgan fingerprint density at radius 3 is 2.24 bits per heavy atom. The summed E-state index contributed by atoms with van der Waals surface area (Å²) in [5, 5.41) is 0.414. The van der Waals surface area contributed by atoms with Crippen LogP contribution in [0.4, 0.5) is 0 Å². The summed E-state index contributed by atoms with van der Waals surface area (Å²) >= 11 is 6.20. The molecular weight excluding hydrogens is 288 g/mol. The van der Waals surface area contributed by atoms with Gasteiger partial charge < -0.3 is 9.47 Å². The van der Waals surface area contributed by atoms with E-state index in [2.05, 4.69) is 13.8 Å². The molecule has 2 rings (SSSR count). The molecule has 1 saturated carbocycles. The highest BCUT2D eigenvalue weighted by atomic mass is 35.5. The fourth-order valence-electron chi connectivity index (χ4n) is 3.46. The van der Waals surface area contributed by atoms with Gasteiger partial charge in [0, 0.05) is 11.5 Å².